The molecule has 0 saturated carbocycles. The van der Waals surface area contributed by atoms with Crippen molar-refractivity contribution in [2.24, 2.45) is 5.92 Å². The fraction of sp³-hybridized carbons (Fsp3) is 0.429. The summed E-state index contributed by atoms with van der Waals surface area (Å²) in [7, 11) is 0. The second-order valence-corrected chi connectivity index (χ2v) is 4.71. The molecule has 0 aliphatic rings. The number of carbonyl (C=O) groups is 2. The molecule has 104 valence electrons. The van der Waals surface area contributed by atoms with Crippen LogP contribution in [0.15, 0.2) is 30.3 Å². The molecule has 0 saturated heterocycles. The Hall–Kier alpha value is -1.36. The lowest BCUT2D eigenvalue weighted by Crippen LogP contribution is -2.33. The third kappa shape index (κ3) is 5.87. The second kappa shape index (κ2) is 8.69. The molecule has 1 N–H and O–H groups in total. The lowest BCUT2D eigenvalue weighted by Gasteiger charge is -2.13. The number of carbonyl (C=O) groups excluding carboxylic acids is 2. The molecule has 0 aliphatic heterocycles. The maximum atomic E-state index is 11.5. The van der Waals surface area contributed by atoms with E-state index in [2.05, 4.69) is 21.2 Å². The Morgan fingerprint density at radius 2 is 2.00 bits per heavy atom. The van der Waals surface area contributed by atoms with Crippen LogP contribution in [0.1, 0.15) is 18.9 Å². The van der Waals surface area contributed by atoms with Gasteiger partial charge in [0.25, 0.3) is 0 Å². The highest BCUT2D eigenvalue weighted by atomic mass is 79.9. The summed E-state index contributed by atoms with van der Waals surface area (Å²) in [6.45, 7) is 2.46. The molecular weight excluding hydrogens is 310 g/mol. The molecule has 1 aromatic rings. The lowest BCUT2D eigenvalue weighted by atomic mass is 10.0. The van der Waals surface area contributed by atoms with Gasteiger partial charge in [-0.05, 0) is 12.0 Å². The highest BCUT2D eigenvalue weighted by Crippen LogP contribution is 2.05. The van der Waals surface area contributed by atoms with Crippen LogP contribution in [0.25, 0.3) is 0 Å². The molecular formula is C14H18BrNO3. The molecule has 4 nitrogen and oxygen atoms in total. The van der Waals surface area contributed by atoms with Crippen molar-refractivity contribution in [1.82, 2.24) is 5.32 Å². The molecule has 0 aromatic heterocycles. The zero-order valence-corrected chi connectivity index (χ0v) is 12.5. The molecule has 1 unspecified atom stereocenters. The molecule has 0 fully saturated rings. The highest BCUT2D eigenvalue weighted by Gasteiger charge is 2.16. The summed E-state index contributed by atoms with van der Waals surface area (Å²) < 4.78 is 5.06. The first-order valence-corrected chi connectivity index (χ1v) is 7.32. The van der Waals surface area contributed by atoms with E-state index in [4.69, 9.17) is 4.74 Å². The number of alkyl carbamates (subject to hydrolysis) is 1. The number of ether oxygens (including phenoxy) is 1. The zero-order chi connectivity index (χ0) is 14.1. The Balaban J connectivity index is 2.29. The van der Waals surface area contributed by atoms with Crippen LogP contribution in [-0.2, 0) is 16.1 Å². The van der Waals surface area contributed by atoms with Crippen LogP contribution >= 0.6 is 15.9 Å². The van der Waals surface area contributed by atoms with Crippen LogP contribution < -0.4 is 5.32 Å². The molecule has 19 heavy (non-hydrogen) atoms. The smallest absolute Gasteiger partial charge is 0.407 e. The van der Waals surface area contributed by atoms with E-state index in [1.54, 1.807) is 0 Å². The van der Waals surface area contributed by atoms with E-state index in [0.717, 1.165) is 5.56 Å². The standard InChI is InChI=1S/C14H18BrNO3/c1-2-12(13(17)8-15)9-16-14(18)19-10-11-6-4-3-5-7-11/h3-7,12H,2,8-10H2,1H3,(H,16,18). The molecule has 0 radical (unpaired) electrons. The van der Waals surface area contributed by atoms with Crippen LogP contribution in [0.5, 0.6) is 0 Å². The van der Waals surface area contributed by atoms with Crippen molar-refractivity contribution in [2.75, 3.05) is 11.9 Å². The Bertz CT molecular complexity index is 408. The van der Waals surface area contributed by atoms with E-state index >= 15 is 0 Å². The molecule has 0 spiro atoms. The van der Waals surface area contributed by atoms with Crippen LogP contribution in [-0.4, -0.2) is 23.8 Å². The van der Waals surface area contributed by atoms with Gasteiger partial charge in [-0.1, -0.05) is 53.2 Å². The van der Waals surface area contributed by atoms with Crippen molar-refractivity contribution in [1.29, 1.82) is 0 Å². The van der Waals surface area contributed by atoms with Gasteiger partial charge >= 0.3 is 6.09 Å². The number of hydrogen-bond acceptors (Lipinski definition) is 3. The first-order valence-electron chi connectivity index (χ1n) is 6.20. The van der Waals surface area contributed by atoms with Gasteiger partial charge in [-0.2, -0.15) is 0 Å². The summed E-state index contributed by atoms with van der Waals surface area (Å²) in [4.78, 5) is 23.0. The average Bonchev–Trinajstić information content (AvgIpc) is 2.46. The van der Waals surface area contributed by atoms with Crippen molar-refractivity contribution in [2.45, 2.75) is 20.0 Å². The van der Waals surface area contributed by atoms with Gasteiger partial charge in [-0.25, -0.2) is 4.79 Å². The Kier molecular flexibility index (Phi) is 7.18. The van der Waals surface area contributed by atoms with Crippen LogP contribution in [0.4, 0.5) is 4.79 Å². The maximum Gasteiger partial charge on any atom is 0.407 e. The zero-order valence-electron chi connectivity index (χ0n) is 10.9. The van der Waals surface area contributed by atoms with Gasteiger partial charge in [-0.3, -0.25) is 4.79 Å². The summed E-state index contributed by atoms with van der Waals surface area (Å²) >= 11 is 3.13. The van der Waals surface area contributed by atoms with Gasteiger partial charge in [0, 0.05) is 12.5 Å². The van der Waals surface area contributed by atoms with E-state index in [1.807, 2.05) is 37.3 Å². The number of ketones is 1. The van der Waals surface area contributed by atoms with Crippen molar-refractivity contribution >= 4 is 27.8 Å². The van der Waals surface area contributed by atoms with E-state index in [-0.39, 0.29) is 18.3 Å². The molecule has 0 bridgehead atoms. The maximum absolute atomic E-state index is 11.5. The molecule has 1 atom stereocenters. The normalized spacial score (nSPS) is 11.7. The fourth-order valence-electron chi connectivity index (χ4n) is 1.58. The fourth-order valence-corrected chi connectivity index (χ4v) is 2.03. The van der Waals surface area contributed by atoms with E-state index < -0.39 is 6.09 Å². The number of halogens is 1. The van der Waals surface area contributed by atoms with Crippen LogP contribution in [0, 0.1) is 5.92 Å². The van der Waals surface area contributed by atoms with Crippen molar-refractivity contribution in [3.05, 3.63) is 35.9 Å². The minimum atomic E-state index is -0.496. The predicted molar refractivity (Wildman–Crippen MR) is 77.2 cm³/mol. The van der Waals surface area contributed by atoms with Crippen molar-refractivity contribution in [3.8, 4) is 0 Å². The van der Waals surface area contributed by atoms with Gasteiger partial charge in [0.2, 0.25) is 0 Å². The van der Waals surface area contributed by atoms with E-state index in [1.165, 1.54) is 0 Å². The monoisotopic (exact) mass is 327 g/mol. The van der Waals surface area contributed by atoms with Crippen LogP contribution in [0.3, 0.4) is 0 Å². The predicted octanol–water partition coefficient (Wildman–Crippen LogP) is 2.90. The average molecular weight is 328 g/mol. The van der Waals surface area contributed by atoms with Crippen molar-refractivity contribution in [3.63, 3.8) is 0 Å². The quantitative estimate of drug-likeness (QED) is 0.783. The van der Waals surface area contributed by atoms with Crippen molar-refractivity contribution < 1.29 is 14.3 Å². The van der Waals surface area contributed by atoms with Gasteiger partial charge in [0.15, 0.2) is 0 Å². The number of Topliss-reactive ketones (excluding diaryl/α,β-unsaturated/α-hetero) is 1. The number of alkyl halides is 1. The van der Waals surface area contributed by atoms with E-state index in [0.29, 0.717) is 18.3 Å². The molecule has 5 heteroatoms. The largest absolute Gasteiger partial charge is 0.445 e. The van der Waals surface area contributed by atoms with Gasteiger partial charge in [-0.15, -0.1) is 0 Å². The van der Waals surface area contributed by atoms with E-state index in [9.17, 15) is 9.59 Å². The van der Waals surface area contributed by atoms with Crippen LogP contribution in [0.2, 0.25) is 0 Å². The number of rotatable bonds is 7. The number of hydrogen-bond donors (Lipinski definition) is 1. The van der Waals surface area contributed by atoms with Gasteiger partial charge < -0.3 is 10.1 Å². The lowest BCUT2D eigenvalue weighted by molar-refractivity contribution is -0.120. The molecule has 0 heterocycles. The molecule has 0 aliphatic carbocycles. The third-order valence-corrected chi connectivity index (χ3v) is 3.34. The third-order valence-electron chi connectivity index (χ3n) is 2.79. The minimum Gasteiger partial charge on any atom is -0.445 e. The summed E-state index contributed by atoms with van der Waals surface area (Å²) in [5.41, 5.74) is 0.932. The highest BCUT2D eigenvalue weighted by molar-refractivity contribution is 9.09. The number of benzene rings is 1. The molecule has 1 rings (SSSR count). The summed E-state index contributed by atoms with van der Waals surface area (Å²) in [5, 5.41) is 2.93. The number of nitrogens with one attached hydrogen (secondary N) is 1. The van der Waals surface area contributed by atoms with Gasteiger partial charge in [0.05, 0.1) is 5.33 Å². The molecule has 1 aromatic carbocycles. The summed E-state index contributed by atoms with van der Waals surface area (Å²) in [5.74, 6) is -0.0745. The second-order valence-electron chi connectivity index (χ2n) is 4.15. The topological polar surface area (TPSA) is 55.4 Å². The summed E-state index contributed by atoms with van der Waals surface area (Å²) in [6.07, 6.45) is 0.202. The Morgan fingerprint density at radius 1 is 1.32 bits per heavy atom. The number of amides is 1. The summed E-state index contributed by atoms with van der Waals surface area (Å²) in [6, 6.07) is 9.45. The molecule has 1 amide bonds. The Labute approximate surface area is 121 Å². The Morgan fingerprint density at radius 3 is 2.58 bits per heavy atom. The first kappa shape index (κ1) is 15.7. The first-order chi connectivity index (χ1) is 9.17. The minimum absolute atomic E-state index is 0.0888. The van der Waals surface area contributed by atoms with Gasteiger partial charge in [0.1, 0.15) is 12.4 Å². The SMILES string of the molecule is CCC(CNC(=O)OCc1ccccc1)C(=O)CBr.